The smallest absolute Gasteiger partial charge is 0.411 e. The highest BCUT2D eigenvalue weighted by atomic mass is 32.2. The summed E-state index contributed by atoms with van der Waals surface area (Å²) < 4.78 is 38.8. The highest BCUT2D eigenvalue weighted by Crippen LogP contribution is 2.49. The Labute approximate surface area is 215 Å². The maximum Gasteiger partial charge on any atom is 0.411 e. The van der Waals surface area contributed by atoms with Crippen LogP contribution in [-0.4, -0.2) is 49.0 Å². The summed E-state index contributed by atoms with van der Waals surface area (Å²) in [6.07, 6.45) is 4.68. The van der Waals surface area contributed by atoms with Gasteiger partial charge in [0.1, 0.15) is 5.60 Å². The van der Waals surface area contributed by atoms with Gasteiger partial charge in [-0.1, -0.05) is 61.4 Å². The number of likely N-dealkylation sites (tertiary alicyclic amines) is 1. The van der Waals surface area contributed by atoms with Crippen molar-refractivity contribution in [3.05, 3.63) is 66.2 Å². The Kier molecular flexibility index (Phi) is 8.10. The number of nitrogens with zero attached hydrogens (tertiary/aromatic N) is 1. The Morgan fingerprint density at radius 1 is 0.972 bits per heavy atom. The van der Waals surface area contributed by atoms with E-state index in [0.717, 1.165) is 44.1 Å². The molecule has 0 bridgehead atoms. The third-order valence-corrected chi connectivity index (χ3v) is 9.29. The minimum absolute atomic E-state index is 0.0356. The Balaban J connectivity index is 1.59. The summed E-state index contributed by atoms with van der Waals surface area (Å²) in [5, 5.41) is 0. The monoisotopic (exact) mass is 513 g/mol. The zero-order valence-corrected chi connectivity index (χ0v) is 22.5. The fourth-order valence-corrected chi connectivity index (χ4v) is 7.66. The Bertz CT molecular complexity index is 1110. The SMILES string of the molecule is CC(C)(C)OC(=O)N1[C@H](COCc2ccccc2)CC[C@]12CCCC[C@H]2CS(=O)(=O)c1ccccc1. The van der Waals surface area contributed by atoms with Crippen molar-refractivity contribution < 1.29 is 22.7 Å². The minimum atomic E-state index is -3.49. The van der Waals surface area contributed by atoms with Crippen molar-refractivity contribution in [2.24, 2.45) is 5.92 Å². The summed E-state index contributed by atoms with van der Waals surface area (Å²) in [5.74, 6) is -0.114. The van der Waals surface area contributed by atoms with E-state index in [1.165, 1.54) is 0 Å². The molecule has 1 amide bonds. The van der Waals surface area contributed by atoms with Crippen LogP contribution in [-0.2, 0) is 25.9 Å². The largest absolute Gasteiger partial charge is 0.444 e. The number of benzene rings is 2. The first-order valence-electron chi connectivity index (χ1n) is 13.0. The van der Waals surface area contributed by atoms with Gasteiger partial charge in [-0.05, 0) is 70.1 Å². The molecule has 1 aliphatic heterocycles. The summed E-state index contributed by atoms with van der Waals surface area (Å²) in [6.45, 7) is 6.47. The zero-order chi connectivity index (χ0) is 25.8. The van der Waals surface area contributed by atoms with Gasteiger partial charge in [0.05, 0.1) is 35.4 Å². The molecule has 1 aliphatic carbocycles. The molecule has 2 aliphatic rings. The molecule has 7 heteroatoms. The molecule has 1 saturated carbocycles. The lowest BCUT2D eigenvalue weighted by molar-refractivity contribution is -0.0380. The summed E-state index contributed by atoms with van der Waals surface area (Å²) in [4.78, 5) is 15.9. The molecule has 1 saturated heterocycles. The molecule has 1 heterocycles. The van der Waals surface area contributed by atoms with Gasteiger partial charge in [-0.25, -0.2) is 13.2 Å². The highest BCUT2D eigenvalue weighted by Gasteiger charge is 2.55. The Morgan fingerprint density at radius 2 is 1.64 bits per heavy atom. The summed E-state index contributed by atoms with van der Waals surface area (Å²) in [5.41, 5.74) is -0.0988. The molecule has 196 valence electrons. The minimum Gasteiger partial charge on any atom is -0.444 e. The van der Waals surface area contributed by atoms with Crippen LogP contribution in [0.3, 0.4) is 0 Å². The van der Waals surface area contributed by atoms with Crippen molar-refractivity contribution in [2.75, 3.05) is 12.4 Å². The number of hydrogen-bond acceptors (Lipinski definition) is 5. The van der Waals surface area contributed by atoms with Crippen LogP contribution in [0.15, 0.2) is 65.6 Å². The normalized spacial score (nSPS) is 24.7. The van der Waals surface area contributed by atoms with Crippen LogP contribution in [0.25, 0.3) is 0 Å². The molecular weight excluding hydrogens is 474 g/mol. The molecular formula is C29H39NO5S. The topological polar surface area (TPSA) is 72.9 Å². The number of hydrogen-bond donors (Lipinski definition) is 0. The third-order valence-electron chi connectivity index (χ3n) is 7.46. The van der Waals surface area contributed by atoms with Gasteiger partial charge in [0, 0.05) is 0 Å². The molecule has 2 fully saturated rings. The summed E-state index contributed by atoms with van der Waals surface area (Å²) in [7, 11) is -3.49. The molecule has 0 aromatic heterocycles. The fraction of sp³-hybridized carbons (Fsp3) is 0.552. The van der Waals surface area contributed by atoms with Crippen LogP contribution in [0, 0.1) is 5.92 Å². The first-order chi connectivity index (χ1) is 17.1. The second kappa shape index (κ2) is 10.9. The number of rotatable bonds is 7. The molecule has 4 rings (SSSR count). The fourth-order valence-electron chi connectivity index (χ4n) is 5.88. The first-order valence-corrected chi connectivity index (χ1v) is 14.7. The van der Waals surface area contributed by atoms with E-state index >= 15 is 0 Å². The number of ether oxygens (including phenoxy) is 2. The average molecular weight is 514 g/mol. The number of amides is 1. The lowest BCUT2D eigenvalue weighted by atomic mass is 9.72. The number of carbonyl (C=O) groups is 1. The van der Waals surface area contributed by atoms with Crippen LogP contribution in [0.1, 0.15) is 64.9 Å². The zero-order valence-electron chi connectivity index (χ0n) is 21.7. The van der Waals surface area contributed by atoms with Gasteiger partial charge in [0.2, 0.25) is 0 Å². The van der Waals surface area contributed by atoms with Gasteiger partial charge in [-0.15, -0.1) is 0 Å². The molecule has 0 radical (unpaired) electrons. The molecule has 1 spiro atoms. The van der Waals surface area contributed by atoms with Crippen LogP contribution in [0.2, 0.25) is 0 Å². The van der Waals surface area contributed by atoms with Crippen molar-refractivity contribution >= 4 is 15.9 Å². The average Bonchev–Trinajstić information content (AvgIpc) is 3.19. The van der Waals surface area contributed by atoms with E-state index in [-0.39, 0.29) is 23.8 Å². The maximum atomic E-state index is 13.7. The van der Waals surface area contributed by atoms with Crippen molar-refractivity contribution in [1.29, 1.82) is 0 Å². The van der Waals surface area contributed by atoms with Crippen molar-refractivity contribution in [3.63, 3.8) is 0 Å². The predicted octanol–water partition coefficient (Wildman–Crippen LogP) is 6.01. The first kappa shape index (κ1) is 26.7. The lowest BCUT2D eigenvalue weighted by Crippen LogP contribution is -2.59. The quantitative estimate of drug-likeness (QED) is 0.454. The van der Waals surface area contributed by atoms with E-state index in [2.05, 4.69) is 0 Å². The van der Waals surface area contributed by atoms with Gasteiger partial charge >= 0.3 is 6.09 Å². The van der Waals surface area contributed by atoms with Crippen molar-refractivity contribution in [2.45, 2.75) is 88.0 Å². The molecule has 2 aromatic carbocycles. The molecule has 0 N–H and O–H groups in total. The van der Waals surface area contributed by atoms with Crippen LogP contribution in [0.5, 0.6) is 0 Å². The lowest BCUT2D eigenvalue weighted by Gasteiger charge is -2.49. The van der Waals surface area contributed by atoms with Gasteiger partial charge in [0.15, 0.2) is 9.84 Å². The molecule has 6 nitrogen and oxygen atoms in total. The van der Waals surface area contributed by atoms with Gasteiger partial charge in [-0.2, -0.15) is 0 Å². The second-order valence-electron chi connectivity index (χ2n) is 11.2. The van der Waals surface area contributed by atoms with Gasteiger partial charge < -0.3 is 9.47 Å². The van der Waals surface area contributed by atoms with E-state index in [4.69, 9.17) is 9.47 Å². The van der Waals surface area contributed by atoms with E-state index in [0.29, 0.717) is 18.1 Å². The van der Waals surface area contributed by atoms with Crippen LogP contribution >= 0.6 is 0 Å². The maximum absolute atomic E-state index is 13.7. The van der Waals surface area contributed by atoms with E-state index in [9.17, 15) is 13.2 Å². The Morgan fingerprint density at radius 3 is 2.31 bits per heavy atom. The van der Waals surface area contributed by atoms with Crippen molar-refractivity contribution in [1.82, 2.24) is 4.90 Å². The summed E-state index contributed by atoms with van der Waals surface area (Å²) in [6, 6.07) is 18.5. The molecule has 2 aromatic rings. The molecule has 0 unspecified atom stereocenters. The second-order valence-corrected chi connectivity index (χ2v) is 13.2. The predicted molar refractivity (Wildman–Crippen MR) is 140 cm³/mol. The standard InChI is InChI=1S/C29H39NO5S/c1-28(2,3)35-27(31)30-25(21-34-20-23-12-6-4-7-13-23)17-19-29(30)18-11-10-14-24(29)22-36(32,33)26-15-8-5-9-16-26/h4-9,12-13,15-16,24-25H,10-11,14,17-22H2,1-3H3/t24-,25-,29-/m0/s1. The van der Waals surface area contributed by atoms with Crippen LogP contribution in [0.4, 0.5) is 4.79 Å². The molecule has 3 atom stereocenters. The molecule has 36 heavy (non-hydrogen) atoms. The van der Waals surface area contributed by atoms with E-state index < -0.39 is 21.0 Å². The number of carbonyl (C=O) groups excluding carboxylic acids is 1. The van der Waals surface area contributed by atoms with Gasteiger partial charge in [0.25, 0.3) is 0 Å². The third kappa shape index (κ3) is 6.12. The summed E-state index contributed by atoms with van der Waals surface area (Å²) >= 11 is 0. The number of sulfone groups is 1. The van der Waals surface area contributed by atoms with Crippen LogP contribution < -0.4 is 0 Å². The van der Waals surface area contributed by atoms with E-state index in [1.54, 1.807) is 24.3 Å². The van der Waals surface area contributed by atoms with Crippen molar-refractivity contribution in [3.8, 4) is 0 Å². The highest BCUT2D eigenvalue weighted by molar-refractivity contribution is 7.91. The van der Waals surface area contributed by atoms with E-state index in [1.807, 2.05) is 62.1 Å². The Hall–Kier alpha value is -2.38. The van der Waals surface area contributed by atoms with Gasteiger partial charge in [-0.3, -0.25) is 4.90 Å².